The second-order valence-electron chi connectivity index (χ2n) is 7.67. The lowest BCUT2D eigenvalue weighted by Gasteiger charge is -2.19. The van der Waals surface area contributed by atoms with Crippen molar-refractivity contribution in [3.05, 3.63) is 30.0 Å². The van der Waals surface area contributed by atoms with Crippen molar-refractivity contribution in [2.75, 3.05) is 31.6 Å². The molecule has 1 atom stereocenters. The van der Waals surface area contributed by atoms with Gasteiger partial charge in [0, 0.05) is 31.8 Å². The zero-order valence-electron chi connectivity index (χ0n) is 16.8. The summed E-state index contributed by atoms with van der Waals surface area (Å²) in [6.45, 7) is 2.44. The van der Waals surface area contributed by atoms with E-state index in [0.717, 1.165) is 45.1 Å². The molecule has 1 aromatic heterocycles. The highest BCUT2D eigenvalue weighted by molar-refractivity contribution is 7.89. The van der Waals surface area contributed by atoms with Crippen molar-refractivity contribution < 1.29 is 17.6 Å². The summed E-state index contributed by atoms with van der Waals surface area (Å²) in [5.41, 5.74) is 0.788. The average molecular weight is 431 g/mol. The van der Waals surface area contributed by atoms with Crippen LogP contribution in [-0.4, -0.2) is 50.1 Å². The van der Waals surface area contributed by atoms with Crippen LogP contribution in [0.1, 0.15) is 44.2 Å². The van der Waals surface area contributed by atoms with Crippen molar-refractivity contribution in [3.8, 4) is 17.5 Å². The van der Waals surface area contributed by atoms with Gasteiger partial charge in [-0.05, 0) is 49.9 Å². The lowest BCUT2D eigenvalue weighted by atomic mass is 10.2. The summed E-state index contributed by atoms with van der Waals surface area (Å²) < 4.78 is 38.7. The Kier molecular flexibility index (Phi) is 6.37. The Morgan fingerprint density at radius 1 is 1.13 bits per heavy atom. The molecule has 160 valence electrons. The number of sulfonamides is 1. The lowest BCUT2D eigenvalue weighted by molar-refractivity contribution is 0.120. The molecule has 0 spiro atoms. The number of oxazole rings is 1. The van der Waals surface area contributed by atoms with Crippen molar-refractivity contribution in [1.82, 2.24) is 9.29 Å². The van der Waals surface area contributed by atoms with Gasteiger partial charge in [0.15, 0.2) is 0 Å². The molecule has 0 unspecified atom stereocenters. The molecule has 4 rings (SSSR count). The Morgan fingerprint density at radius 2 is 1.87 bits per heavy atom. The number of hydrogen-bond acceptors (Lipinski definition) is 7. The van der Waals surface area contributed by atoms with Gasteiger partial charge in [-0.3, -0.25) is 0 Å². The molecule has 2 aromatic rings. The third kappa shape index (κ3) is 4.51. The largest absolute Gasteiger partial charge is 0.419 e. The van der Waals surface area contributed by atoms with Crippen LogP contribution in [0.2, 0.25) is 0 Å². The zero-order valence-corrected chi connectivity index (χ0v) is 17.7. The first kappa shape index (κ1) is 20.8. The Bertz CT molecular complexity index is 997. The molecule has 30 heavy (non-hydrogen) atoms. The highest BCUT2D eigenvalue weighted by Gasteiger charge is 2.25. The van der Waals surface area contributed by atoms with E-state index in [9.17, 15) is 13.7 Å². The van der Waals surface area contributed by atoms with Crippen LogP contribution in [0.15, 0.2) is 33.6 Å². The van der Waals surface area contributed by atoms with Gasteiger partial charge < -0.3 is 14.5 Å². The molecule has 1 N–H and O–H groups in total. The van der Waals surface area contributed by atoms with E-state index in [4.69, 9.17) is 9.15 Å². The standard InChI is InChI=1S/C21H26N4O4S/c22-14-19-21(23-15-17-6-5-13-28-17)29-20(24-19)16-7-9-18(10-8-16)30(26,27)25-11-3-1-2-4-12-25/h7-10,17,23H,1-6,11-13,15H2/t17-/m1/s1. The minimum atomic E-state index is -3.51. The highest BCUT2D eigenvalue weighted by atomic mass is 32.2. The van der Waals surface area contributed by atoms with Gasteiger partial charge in [-0.2, -0.15) is 14.6 Å². The molecule has 0 bridgehead atoms. The SMILES string of the molecule is N#Cc1nc(-c2ccc(S(=O)(=O)N3CCCCCC3)cc2)oc1NC[C@H]1CCCO1. The summed E-state index contributed by atoms with van der Waals surface area (Å²) >= 11 is 0. The van der Waals surface area contributed by atoms with Crippen LogP contribution >= 0.6 is 0 Å². The van der Waals surface area contributed by atoms with E-state index >= 15 is 0 Å². The van der Waals surface area contributed by atoms with E-state index in [1.165, 1.54) is 0 Å². The summed E-state index contributed by atoms with van der Waals surface area (Å²) in [6, 6.07) is 8.52. The summed E-state index contributed by atoms with van der Waals surface area (Å²) in [5.74, 6) is 0.587. The summed E-state index contributed by atoms with van der Waals surface area (Å²) in [7, 11) is -3.51. The third-order valence-corrected chi connectivity index (χ3v) is 7.46. The Balaban J connectivity index is 1.50. The average Bonchev–Trinajstić information content (AvgIpc) is 3.34. The Hall–Kier alpha value is -2.41. The van der Waals surface area contributed by atoms with Crippen LogP contribution in [0.25, 0.3) is 11.5 Å². The second-order valence-corrected chi connectivity index (χ2v) is 9.61. The number of benzene rings is 1. The molecule has 2 fully saturated rings. The number of hydrogen-bond donors (Lipinski definition) is 1. The summed E-state index contributed by atoms with van der Waals surface area (Å²) in [6.07, 6.45) is 6.04. The first-order valence-electron chi connectivity index (χ1n) is 10.4. The first-order valence-corrected chi connectivity index (χ1v) is 11.9. The van der Waals surface area contributed by atoms with E-state index in [1.807, 2.05) is 6.07 Å². The molecule has 2 aliphatic heterocycles. The van der Waals surface area contributed by atoms with Crippen molar-refractivity contribution in [3.63, 3.8) is 0 Å². The fraction of sp³-hybridized carbons (Fsp3) is 0.524. The molecule has 2 saturated heterocycles. The maximum Gasteiger partial charge on any atom is 0.243 e. The van der Waals surface area contributed by atoms with Crippen molar-refractivity contribution in [2.45, 2.75) is 49.5 Å². The number of rotatable bonds is 6. The van der Waals surface area contributed by atoms with Gasteiger partial charge in [-0.15, -0.1) is 0 Å². The monoisotopic (exact) mass is 430 g/mol. The molecule has 0 saturated carbocycles. The van der Waals surface area contributed by atoms with Gasteiger partial charge in [0.25, 0.3) is 0 Å². The molecule has 1 aromatic carbocycles. The second kappa shape index (κ2) is 9.16. The molecule has 0 amide bonds. The topological polar surface area (TPSA) is 108 Å². The fourth-order valence-corrected chi connectivity index (χ4v) is 5.37. The van der Waals surface area contributed by atoms with Crippen LogP contribution < -0.4 is 5.32 Å². The van der Waals surface area contributed by atoms with Crippen LogP contribution in [0.3, 0.4) is 0 Å². The lowest BCUT2D eigenvalue weighted by Crippen LogP contribution is -2.31. The van der Waals surface area contributed by atoms with E-state index in [0.29, 0.717) is 31.1 Å². The van der Waals surface area contributed by atoms with E-state index < -0.39 is 10.0 Å². The molecule has 9 heteroatoms. The number of nitriles is 1. The quantitative estimate of drug-likeness (QED) is 0.748. The molecular weight excluding hydrogens is 404 g/mol. The van der Waals surface area contributed by atoms with Crippen molar-refractivity contribution in [2.24, 2.45) is 0 Å². The van der Waals surface area contributed by atoms with Crippen molar-refractivity contribution >= 4 is 15.9 Å². The minimum absolute atomic E-state index is 0.105. The van der Waals surface area contributed by atoms with Gasteiger partial charge in [-0.25, -0.2) is 8.42 Å². The number of aromatic nitrogens is 1. The third-order valence-electron chi connectivity index (χ3n) is 5.55. The maximum absolute atomic E-state index is 12.9. The molecule has 2 aliphatic rings. The van der Waals surface area contributed by atoms with Gasteiger partial charge in [0.2, 0.25) is 27.5 Å². The summed E-state index contributed by atoms with van der Waals surface area (Å²) in [4.78, 5) is 4.51. The zero-order chi connectivity index (χ0) is 21.0. The number of nitrogens with one attached hydrogen (secondary N) is 1. The van der Waals surface area contributed by atoms with Crippen molar-refractivity contribution in [1.29, 1.82) is 5.26 Å². The van der Waals surface area contributed by atoms with Crippen LogP contribution in [-0.2, 0) is 14.8 Å². The summed E-state index contributed by atoms with van der Waals surface area (Å²) in [5, 5.41) is 12.5. The molecule has 3 heterocycles. The molecular formula is C21H26N4O4S. The first-order chi connectivity index (χ1) is 14.6. The molecule has 0 aliphatic carbocycles. The Labute approximate surface area is 176 Å². The fourth-order valence-electron chi connectivity index (χ4n) is 3.85. The number of anilines is 1. The number of ether oxygens (including phenoxy) is 1. The van der Waals surface area contributed by atoms with Gasteiger partial charge in [0.05, 0.1) is 11.0 Å². The maximum atomic E-state index is 12.9. The normalized spacial score (nSPS) is 20.6. The van der Waals surface area contributed by atoms with E-state index in [2.05, 4.69) is 10.3 Å². The van der Waals surface area contributed by atoms with Gasteiger partial charge in [-0.1, -0.05) is 12.8 Å². The van der Waals surface area contributed by atoms with E-state index in [1.54, 1.807) is 28.6 Å². The minimum Gasteiger partial charge on any atom is -0.419 e. The number of nitrogens with zero attached hydrogens (tertiary/aromatic N) is 3. The predicted octanol–water partition coefficient (Wildman–Crippen LogP) is 3.37. The van der Waals surface area contributed by atoms with Crippen LogP contribution in [0, 0.1) is 11.3 Å². The smallest absolute Gasteiger partial charge is 0.243 e. The van der Waals surface area contributed by atoms with Gasteiger partial charge in [0.1, 0.15) is 6.07 Å². The van der Waals surface area contributed by atoms with E-state index in [-0.39, 0.29) is 22.6 Å². The molecule has 0 radical (unpaired) electrons. The molecule has 8 nitrogen and oxygen atoms in total. The van der Waals surface area contributed by atoms with Crippen LogP contribution in [0.4, 0.5) is 5.88 Å². The van der Waals surface area contributed by atoms with Gasteiger partial charge >= 0.3 is 0 Å². The Morgan fingerprint density at radius 3 is 2.50 bits per heavy atom. The predicted molar refractivity (Wildman–Crippen MR) is 111 cm³/mol. The highest BCUT2D eigenvalue weighted by Crippen LogP contribution is 2.28. The van der Waals surface area contributed by atoms with Crippen LogP contribution in [0.5, 0.6) is 0 Å².